The van der Waals surface area contributed by atoms with Gasteiger partial charge in [0.05, 0.1) is 12.7 Å². The molecule has 1 aromatic carbocycles. The predicted octanol–water partition coefficient (Wildman–Crippen LogP) is 4.29. The summed E-state index contributed by atoms with van der Waals surface area (Å²) in [4.78, 5) is 0. The Morgan fingerprint density at radius 1 is 1.24 bits per heavy atom. The first-order chi connectivity index (χ1) is 10.2. The van der Waals surface area contributed by atoms with E-state index in [4.69, 9.17) is 15.0 Å². The van der Waals surface area contributed by atoms with Crippen LogP contribution in [0.15, 0.2) is 22.7 Å². The number of hydrogen-bond acceptors (Lipinski definition) is 4. The van der Waals surface area contributed by atoms with Crippen molar-refractivity contribution in [2.24, 2.45) is 0 Å². The lowest BCUT2D eigenvalue weighted by atomic mass is 9.85. The number of nitrogen functional groups attached to an aromatic ring is 1. The van der Waals surface area contributed by atoms with Crippen molar-refractivity contribution >= 4 is 5.82 Å². The molecule has 3 rings (SSSR count). The lowest BCUT2D eigenvalue weighted by Gasteiger charge is -2.20. The van der Waals surface area contributed by atoms with Gasteiger partial charge in [0.25, 0.3) is 0 Å². The normalized spacial score (nSPS) is 16.1. The largest absolute Gasteiger partial charge is 0.496 e. The van der Waals surface area contributed by atoms with Crippen molar-refractivity contribution in [3.05, 3.63) is 29.5 Å². The predicted molar refractivity (Wildman–Crippen MR) is 83.5 cm³/mol. The maximum Gasteiger partial charge on any atom is 0.175 e. The molecule has 0 atom stereocenters. The van der Waals surface area contributed by atoms with Crippen LogP contribution in [0.1, 0.15) is 49.3 Å². The summed E-state index contributed by atoms with van der Waals surface area (Å²) in [6.45, 7) is 2.03. The van der Waals surface area contributed by atoms with Crippen LogP contribution in [0.25, 0.3) is 11.1 Å². The van der Waals surface area contributed by atoms with Crippen LogP contribution in [0.5, 0.6) is 5.75 Å². The zero-order chi connectivity index (χ0) is 14.8. The van der Waals surface area contributed by atoms with E-state index < -0.39 is 0 Å². The number of rotatable bonds is 3. The Labute approximate surface area is 125 Å². The first-order valence-electron chi connectivity index (χ1n) is 7.60. The Morgan fingerprint density at radius 2 is 2.00 bits per heavy atom. The van der Waals surface area contributed by atoms with Gasteiger partial charge in [-0.15, -0.1) is 0 Å². The van der Waals surface area contributed by atoms with Crippen LogP contribution in [-0.4, -0.2) is 12.3 Å². The summed E-state index contributed by atoms with van der Waals surface area (Å²) in [7, 11) is 1.69. The van der Waals surface area contributed by atoms with Crippen LogP contribution in [0, 0.1) is 6.92 Å². The quantitative estimate of drug-likeness (QED) is 0.914. The van der Waals surface area contributed by atoms with E-state index in [2.05, 4.69) is 11.2 Å². The number of ether oxygens (including phenoxy) is 1. The van der Waals surface area contributed by atoms with Gasteiger partial charge in [-0.25, -0.2) is 0 Å². The van der Waals surface area contributed by atoms with Crippen molar-refractivity contribution in [1.82, 2.24) is 5.16 Å². The molecule has 4 heteroatoms. The minimum Gasteiger partial charge on any atom is -0.496 e. The molecule has 112 valence electrons. The smallest absolute Gasteiger partial charge is 0.175 e. The number of benzene rings is 1. The molecule has 1 saturated carbocycles. The highest BCUT2D eigenvalue weighted by Gasteiger charge is 2.26. The van der Waals surface area contributed by atoms with Crippen molar-refractivity contribution in [1.29, 1.82) is 0 Å². The highest BCUT2D eigenvalue weighted by atomic mass is 16.5. The summed E-state index contributed by atoms with van der Waals surface area (Å²) in [6, 6.07) is 6.13. The van der Waals surface area contributed by atoms with E-state index in [1.54, 1.807) is 7.11 Å². The van der Waals surface area contributed by atoms with E-state index >= 15 is 0 Å². The number of methoxy groups -OCH3 is 1. The van der Waals surface area contributed by atoms with Crippen LogP contribution in [0.4, 0.5) is 5.82 Å². The molecule has 1 heterocycles. The summed E-state index contributed by atoms with van der Waals surface area (Å²) < 4.78 is 11.0. The molecule has 0 saturated heterocycles. The molecule has 0 radical (unpaired) electrons. The van der Waals surface area contributed by atoms with Gasteiger partial charge in [0.1, 0.15) is 11.5 Å². The fourth-order valence-electron chi connectivity index (χ4n) is 3.22. The average molecular weight is 286 g/mol. The first-order valence-corrected chi connectivity index (χ1v) is 7.60. The Hall–Kier alpha value is -1.97. The van der Waals surface area contributed by atoms with Gasteiger partial charge in [-0.05, 0) is 37.0 Å². The summed E-state index contributed by atoms with van der Waals surface area (Å²) in [5.41, 5.74) is 9.14. The Bertz CT molecular complexity index is 628. The second-order valence-corrected chi connectivity index (χ2v) is 5.83. The van der Waals surface area contributed by atoms with E-state index in [-0.39, 0.29) is 0 Å². The molecule has 1 aliphatic carbocycles. The van der Waals surface area contributed by atoms with Gasteiger partial charge in [-0.3, -0.25) is 0 Å². The highest BCUT2D eigenvalue weighted by molar-refractivity contribution is 5.77. The average Bonchev–Trinajstić information content (AvgIpc) is 2.90. The second-order valence-electron chi connectivity index (χ2n) is 5.83. The molecule has 0 spiro atoms. The van der Waals surface area contributed by atoms with Gasteiger partial charge in [-0.2, -0.15) is 0 Å². The SMILES string of the molecule is COc1cc(-c2c(N)noc2C2CCCCC2)ccc1C. The standard InChI is InChI=1S/C17H22N2O2/c1-11-8-9-13(10-14(11)20-2)15-16(21-19-17(15)18)12-6-4-3-5-7-12/h8-10,12H,3-7H2,1-2H3,(H2,18,19). The zero-order valence-corrected chi connectivity index (χ0v) is 12.7. The Morgan fingerprint density at radius 3 is 2.71 bits per heavy atom. The number of nitrogens with two attached hydrogens (primary N) is 1. The van der Waals surface area contributed by atoms with Gasteiger partial charge in [0.15, 0.2) is 5.82 Å². The molecular formula is C17H22N2O2. The van der Waals surface area contributed by atoms with E-state index in [1.807, 2.05) is 19.1 Å². The summed E-state index contributed by atoms with van der Waals surface area (Å²) >= 11 is 0. The van der Waals surface area contributed by atoms with Crippen molar-refractivity contribution in [2.45, 2.75) is 44.9 Å². The molecule has 1 fully saturated rings. The molecule has 1 aliphatic rings. The monoisotopic (exact) mass is 286 g/mol. The molecular weight excluding hydrogens is 264 g/mol. The van der Waals surface area contributed by atoms with Crippen molar-refractivity contribution in [3.8, 4) is 16.9 Å². The van der Waals surface area contributed by atoms with Crippen molar-refractivity contribution in [2.75, 3.05) is 12.8 Å². The number of aromatic nitrogens is 1. The minimum atomic E-state index is 0.436. The number of nitrogens with zero attached hydrogens (tertiary/aromatic N) is 1. The number of aryl methyl sites for hydroxylation is 1. The maximum atomic E-state index is 6.06. The third kappa shape index (κ3) is 2.62. The molecule has 0 amide bonds. The van der Waals surface area contributed by atoms with Crippen LogP contribution >= 0.6 is 0 Å². The molecule has 21 heavy (non-hydrogen) atoms. The van der Waals surface area contributed by atoms with Crippen LogP contribution in [-0.2, 0) is 0 Å². The molecule has 2 N–H and O–H groups in total. The third-order valence-corrected chi connectivity index (χ3v) is 4.42. The van der Waals surface area contributed by atoms with Crippen LogP contribution in [0.2, 0.25) is 0 Å². The highest BCUT2D eigenvalue weighted by Crippen LogP contribution is 2.41. The van der Waals surface area contributed by atoms with Crippen molar-refractivity contribution in [3.63, 3.8) is 0 Å². The van der Waals surface area contributed by atoms with Gasteiger partial charge in [0.2, 0.25) is 0 Å². The lowest BCUT2D eigenvalue weighted by Crippen LogP contribution is -2.05. The van der Waals surface area contributed by atoms with E-state index in [0.29, 0.717) is 11.7 Å². The molecule has 2 aromatic rings. The Balaban J connectivity index is 2.03. The van der Waals surface area contributed by atoms with Crippen molar-refractivity contribution < 1.29 is 9.26 Å². The van der Waals surface area contributed by atoms with Gasteiger partial charge in [0, 0.05) is 5.92 Å². The summed E-state index contributed by atoms with van der Waals surface area (Å²) in [5.74, 6) is 2.72. The second kappa shape index (κ2) is 5.80. The van der Waals surface area contributed by atoms with Gasteiger partial charge in [-0.1, -0.05) is 36.6 Å². The van der Waals surface area contributed by atoms with Gasteiger partial charge < -0.3 is 15.0 Å². The third-order valence-electron chi connectivity index (χ3n) is 4.42. The molecule has 0 unspecified atom stereocenters. The number of anilines is 1. The molecule has 1 aromatic heterocycles. The minimum absolute atomic E-state index is 0.436. The lowest BCUT2D eigenvalue weighted by molar-refractivity contribution is 0.323. The van der Waals surface area contributed by atoms with E-state index in [0.717, 1.165) is 41.0 Å². The molecule has 0 aliphatic heterocycles. The first kappa shape index (κ1) is 14.0. The molecule has 0 bridgehead atoms. The van der Waals surface area contributed by atoms with E-state index in [1.165, 1.54) is 19.3 Å². The molecule has 4 nitrogen and oxygen atoms in total. The summed E-state index contributed by atoms with van der Waals surface area (Å²) in [5, 5.41) is 4.01. The van der Waals surface area contributed by atoms with Crippen LogP contribution < -0.4 is 10.5 Å². The van der Waals surface area contributed by atoms with Crippen LogP contribution in [0.3, 0.4) is 0 Å². The van der Waals surface area contributed by atoms with Gasteiger partial charge >= 0.3 is 0 Å². The Kier molecular flexibility index (Phi) is 3.86. The topological polar surface area (TPSA) is 61.3 Å². The maximum absolute atomic E-state index is 6.06. The van der Waals surface area contributed by atoms with E-state index in [9.17, 15) is 0 Å². The number of hydrogen-bond donors (Lipinski definition) is 1. The fraction of sp³-hybridized carbons (Fsp3) is 0.471. The fourth-order valence-corrected chi connectivity index (χ4v) is 3.22. The zero-order valence-electron chi connectivity index (χ0n) is 12.7. The summed E-state index contributed by atoms with van der Waals surface area (Å²) in [6.07, 6.45) is 6.13.